The van der Waals surface area contributed by atoms with Gasteiger partial charge in [0.2, 0.25) is 0 Å². The number of halogens is 2. The minimum absolute atomic E-state index is 0.0312. The molecule has 3 nitrogen and oxygen atoms in total. The zero-order valence-corrected chi connectivity index (χ0v) is 17.3. The third-order valence-corrected chi connectivity index (χ3v) is 8.09. The monoisotopic (exact) mass is 411 g/mol. The van der Waals surface area contributed by atoms with Crippen molar-refractivity contribution in [3.8, 4) is 0 Å². The van der Waals surface area contributed by atoms with Crippen molar-refractivity contribution in [2.24, 2.45) is 22.7 Å². The predicted octanol–water partition coefficient (Wildman–Crippen LogP) is 5.28. The van der Waals surface area contributed by atoms with Gasteiger partial charge in [-0.15, -0.1) is 0 Å². The number of carbonyl (C=O) groups is 1. The second-order valence-electron chi connectivity index (χ2n) is 9.79. The van der Waals surface area contributed by atoms with E-state index in [9.17, 15) is 13.6 Å². The summed E-state index contributed by atoms with van der Waals surface area (Å²) < 4.78 is 33.3. The van der Waals surface area contributed by atoms with Crippen LogP contribution in [-0.4, -0.2) is 18.6 Å². The summed E-state index contributed by atoms with van der Waals surface area (Å²) in [5.41, 5.74) is 1.24. The van der Waals surface area contributed by atoms with E-state index in [1.54, 1.807) is 0 Å². The first-order chi connectivity index (χ1) is 14.3. The van der Waals surface area contributed by atoms with Crippen molar-refractivity contribution in [2.75, 3.05) is 6.61 Å². The summed E-state index contributed by atoms with van der Waals surface area (Å²) in [5, 5.41) is 3.24. The number of carbonyl (C=O) groups excluding carboxylic acids is 1. The Labute approximate surface area is 175 Å². The number of fused-ring (bicyclic) bond motifs is 1. The van der Waals surface area contributed by atoms with Crippen LogP contribution >= 0.6 is 0 Å². The van der Waals surface area contributed by atoms with Gasteiger partial charge in [0, 0.05) is 18.2 Å². The minimum Gasteiger partial charge on any atom is -0.373 e. The SMILES string of the molecule is CC1(C)[C@@H]2C[C@@H]3[C@@H](c4ccccc4)OCCC3(C2)[C@H]1NC(=O)c1ccc(F)c(F)c1. The molecular formula is C25H27F2NO2. The molecule has 1 spiro atoms. The average molecular weight is 411 g/mol. The number of amides is 1. The Morgan fingerprint density at radius 2 is 1.87 bits per heavy atom. The average Bonchev–Trinajstić information content (AvgIpc) is 3.23. The fourth-order valence-corrected chi connectivity index (χ4v) is 6.61. The van der Waals surface area contributed by atoms with E-state index in [-0.39, 0.29) is 34.4 Å². The van der Waals surface area contributed by atoms with Crippen LogP contribution in [0.1, 0.15) is 55.1 Å². The maximum Gasteiger partial charge on any atom is 0.251 e. The van der Waals surface area contributed by atoms with Gasteiger partial charge in [-0.1, -0.05) is 44.2 Å². The van der Waals surface area contributed by atoms with Gasteiger partial charge in [0.1, 0.15) is 0 Å². The van der Waals surface area contributed by atoms with Gasteiger partial charge >= 0.3 is 0 Å². The zero-order chi connectivity index (χ0) is 21.1. The lowest BCUT2D eigenvalue weighted by Crippen LogP contribution is -2.58. The number of benzene rings is 2. The Morgan fingerprint density at radius 3 is 2.60 bits per heavy atom. The van der Waals surface area contributed by atoms with Crippen molar-refractivity contribution in [3.05, 3.63) is 71.3 Å². The van der Waals surface area contributed by atoms with Gasteiger partial charge in [0.15, 0.2) is 11.6 Å². The molecule has 158 valence electrons. The second kappa shape index (κ2) is 6.88. The molecular weight excluding hydrogens is 384 g/mol. The van der Waals surface area contributed by atoms with E-state index in [1.165, 1.54) is 11.6 Å². The van der Waals surface area contributed by atoms with Crippen LogP contribution in [0.4, 0.5) is 8.78 Å². The van der Waals surface area contributed by atoms with Crippen molar-refractivity contribution in [3.63, 3.8) is 0 Å². The van der Waals surface area contributed by atoms with Crippen LogP contribution in [0.25, 0.3) is 0 Å². The molecule has 1 unspecified atom stereocenters. The third-order valence-electron chi connectivity index (χ3n) is 8.09. The molecule has 1 saturated heterocycles. The zero-order valence-electron chi connectivity index (χ0n) is 17.3. The molecule has 5 rings (SSSR count). The minimum atomic E-state index is -0.999. The first kappa shape index (κ1) is 19.7. The fourth-order valence-electron chi connectivity index (χ4n) is 6.61. The Balaban J connectivity index is 1.47. The smallest absolute Gasteiger partial charge is 0.251 e. The van der Waals surface area contributed by atoms with Gasteiger partial charge in [-0.25, -0.2) is 8.78 Å². The van der Waals surface area contributed by atoms with Crippen molar-refractivity contribution in [1.29, 1.82) is 0 Å². The molecule has 5 atom stereocenters. The highest BCUT2D eigenvalue weighted by atomic mass is 19.2. The summed E-state index contributed by atoms with van der Waals surface area (Å²) in [7, 11) is 0. The van der Waals surface area contributed by atoms with Crippen LogP contribution in [0.5, 0.6) is 0 Å². The Bertz CT molecular complexity index is 976. The van der Waals surface area contributed by atoms with E-state index >= 15 is 0 Å². The Morgan fingerprint density at radius 1 is 1.10 bits per heavy atom. The first-order valence-electron chi connectivity index (χ1n) is 10.8. The molecule has 1 aliphatic heterocycles. The molecule has 2 saturated carbocycles. The molecule has 0 aromatic heterocycles. The van der Waals surface area contributed by atoms with Gasteiger partial charge in [-0.3, -0.25) is 4.79 Å². The highest BCUT2D eigenvalue weighted by Crippen LogP contribution is 2.70. The molecule has 0 radical (unpaired) electrons. The number of hydrogen-bond donors (Lipinski definition) is 1. The summed E-state index contributed by atoms with van der Waals surface area (Å²) >= 11 is 0. The van der Waals surface area contributed by atoms with E-state index in [4.69, 9.17) is 4.74 Å². The lowest BCUT2D eigenvalue weighted by Gasteiger charge is -2.53. The van der Waals surface area contributed by atoms with Crippen molar-refractivity contribution < 1.29 is 18.3 Å². The van der Waals surface area contributed by atoms with E-state index in [0.29, 0.717) is 18.4 Å². The van der Waals surface area contributed by atoms with Crippen molar-refractivity contribution in [1.82, 2.24) is 5.32 Å². The maximum atomic E-state index is 13.7. The van der Waals surface area contributed by atoms with Gasteiger partial charge in [0.25, 0.3) is 5.91 Å². The van der Waals surface area contributed by atoms with Crippen LogP contribution in [-0.2, 0) is 4.74 Å². The largest absolute Gasteiger partial charge is 0.373 e. The van der Waals surface area contributed by atoms with Crippen LogP contribution < -0.4 is 5.32 Å². The number of nitrogens with one attached hydrogen (secondary N) is 1. The second-order valence-corrected chi connectivity index (χ2v) is 9.79. The molecule has 1 amide bonds. The molecule has 1 heterocycles. The molecule has 3 fully saturated rings. The first-order valence-corrected chi connectivity index (χ1v) is 10.8. The maximum absolute atomic E-state index is 13.7. The van der Waals surface area contributed by atoms with Crippen molar-refractivity contribution >= 4 is 5.91 Å². The molecule has 2 aliphatic carbocycles. The lowest BCUT2D eigenvalue weighted by molar-refractivity contribution is -0.120. The normalized spacial score (nSPS) is 33.9. The van der Waals surface area contributed by atoms with Gasteiger partial charge in [-0.2, -0.15) is 0 Å². The molecule has 2 bridgehead atoms. The van der Waals surface area contributed by atoms with E-state index < -0.39 is 11.6 Å². The van der Waals surface area contributed by atoms with E-state index in [1.807, 2.05) is 18.2 Å². The standard InChI is InChI=1S/C25H27F2NO2/c1-24(2)17-13-18-21(15-6-4-3-5-7-15)30-11-10-25(18,14-17)23(24)28-22(29)16-8-9-19(26)20(27)12-16/h3-9,12,17-18,21,23H,10-11,13-14H2,1-2H3,(H,28,29)/t17-,18-,21-,23+,25?/m1/s1. The predicted molar refractivity (Wildman–Crippen MR) is 110 cm³/mol. The van der Waals surface area contributed by atoms with Crippen LogP contribution in [0.3, 0.4) is 0 Å². The summed E-state index contributed by atoms with van der Waals surface area (Å²) in [6, 6.07) is 13.6. The van der Waals surface area contributed by atoms with Crippen LogP contribution in [0.15, 0.2) is 48.5 Å². The fraction of sp³-hybridized carbons (Fsp3) is 0.480. The third kappa shape index (κ3) is 2.82. The van der Waals surface area contributed by atoms with Crippen molar-refractivity contribution in [2.45, 2.75) is 45.3 Å². The molecule has 30 heavy (non-hydrogen) atoms. The topological polar surface area (TPSA) is 38.3 Å². The summed E-state index contributed by atoms with van der Waals surface area (Å²) in [4.78, 5) is 13.0. The number of rotatable bonds is 3. The number of hydrogen-bond acceptors (Lipinski definition) is 2. The van der Waals surface area contributed by atoms with Crippen LogP contribution in [0, 0.1) is 34.3 Å². The quantitative estimate of drug-likeness (QED) is 0.747. The summed E-state index contributed by atoms with van der Waals surface area (Å²) in [6.07, 6.45) is 3.09. The van der Waals surface area contributed by atoms with Gasteiger partial charge < -0.3 is 10.1 Å². The molecule has 2 aromatic carbocycles. The Kier molecular flexibility index (Phi) is 4.51. The molecule has 5 heteroatoms. The van der Waals surface area contributed by atoms with Gasteiger partial charge in [-0.05, 0) is 65.7 Å². The van der Waals surface area contributed by atoms with Gasteiger partial charge in [0.05, 0.1) is 6.10 Å². The highest BCUT2D eigenvalue weighted by molar-refractivity contribution is 5.94. The number of ether oxygens (including phenoxy) is 1. The van der Waals surface area contributed by atoms with E-state index in [0.717, 1.165) is 31.4 Å². The summed E-state index contributed by atoms with van der Waals surface area (Å²) in [6.45, 7) is 5.12. The summed E-state index contributed by atoms with van der Waals surface area (Å²) in [5.74, 6) is -1.45. The molecule has 2 aromatic rings. The Hall–Kier alpha value is -2.27. The van der Waals surface area contributed by atoms with E-state index in [2.05, 4.69) is 31.3 Å². The lowest BCUT2D eigenvalue weighted by atomic mass is 9.59. The molecule has 1 N–H and O–H groups in total. The molecule has 3 aliphatic rings. The highest BCUT2D eigenvalue weighted by Gasteiger charge is 2.68. The van der Waals surface area contributed by atoms with Crippen LogP contribution in [0.2, 0.25) is 0 Å².